The zero-order chi connectivity index (χ0) is 19.7. The van der Waals surface area contributed by atoms with Crippen LogP contribution in [0.1, 0.15) is 43.0 Å². The van der Waals surface area contributed by atoms with Gasteiger partial charge in [0, 0.05) is 0 Å². The first-order valence-electron chi connectivity index (χ1n) is 9.36. The lowest BCUT2D eigenvalue weighted by Gasteiger charge is -2.20. The van der Waals surface area contributed by atoms with Crippen molar-refractivity contribution in [2.24, 2.45) is 0 Å². The van der Waals surface area contributed by atoms with Crippen LogP contribution in [0, 0.1) is 0 Å². The van der Waals surface area contributed by atoms with Crippen LogP contribution in [0.25, 0.3) is 0 Å². The van der Waals surface area contributed by atoms with Crippen molar-refractivity contribution in [2.75, 3.05) is 46.2 Å². The summed E-state index contributed by atoms with van der Waals surface area (Å²) >= 11 is 0. The number of aliphatic hydroxyl groups excluding tert-OH is 2. The molecule has 0 fully saturated rings. The zero-order valence-corrected chi connectivity index (χ0v) is 16.0. The Labute approximate surface area is 160 Å². The van der Waals surface area contributed by atoms with Crippen molar-refractivity contribution in [1.82, 2.24) is 5.23 Å². The summed E-state index contributed by atoms with van der Waals surface area (Å²) in [4.78, 5) is 22.0. The molecule has 2 N–H and O–H groups in total. The first-order valence-corrected chi connectivity index (χ1v) is 9.36. The monoisotopic (exact) mass is 385 g/mol. The molecule has 0 spiro atoms. The topological polar surface area (TPSA) is 97.7 Å². The van der Waals surface area contributed by atoms with E-state index in [0.717, 1.165) is 31.4 Å². The SMILES string of the molecule is CCOC(=O)c1ccc(OCCCCCCN(OCCO)OCCO)cc1. The summed E-state index contributed by atoms with van der Waals surface area (Å²) < 4.78 is 10.6. The Hall–Kier alpha value is -1.71. The molecule has 0 saturated carbocycles. The molecule has 0 heterocycles. The van der Waals surface area contributed by atoms with E-state index in [1.54, 1.807) is 31.2 Å². The number of hydrogen-bond donors (Lipinski definition) is 2. The van der Waals surface area contributed by atoms with Gasteiger partial charge in [0.25, 0.3) is 0 Å². The molecule has 0 saturated heterocycles. The van der Waals surface area contributed by atoms with E-state index in [-0.39, 0.29) is 32.4 Å². The standard InChI is InChI=1S/C19H31NO7/c1-2-24-19(23)17-7-9-18(10-8-17)25-14-6-4-3-5-11-20(26-15-12-21)27-16-13-22/h7-10,21-22H,2-6,11-16H2,1H3. The third-order valence-corrected chi connectivity index (χ3v) is 3.52. The highest BCUT2D eigenvalue weighted by Crippen LogP contribution is 2.14. The van der Waals surface area contributed by atoms with Gasteiger partial charge in [0.2, 0.25) is 0 Å². The summed E-state index contributed by atoms with van der Waals surface area (Å²) in [6, 6.07) is 6.92. The third kappa shape index (κ3) is 10.9. The molecule has 0 aliphatic heterocycles. The van der Waals surface area contributed by atoms with Crippen molar-refractivity contribution in [3.63, 3.8) is 0 Å². The van der Waals surface area contributed by atoms with Gasteiger partial charge in [0.1, 0.15) is 5.75 Å². The summed E-state index contributed by atoms with van der Waals surface area (Å²) in [5.74, 6) is 0.396. The summed E-state index contributed by atoms with van der Waals surface area (Å²) in [5, 5.41) is 18.9. The van der Waals surface area contributed by atoms with Crippen LogP contribution in [0.3, 0.4) is 0 Å². The fourth-order valence-corrected chi connectivity index (χ4v) is 2.24. The maximum Gasteiger partial charge on any atom is 0.338 e. The average molecular weight is 385 g/mol. The van der Waals surface area contributed by atoms with Gasteiger partial charge < -0.3 is 19.7 Å². The molecular weight excluding hydrogens is 354 g/mol. The number of aliphatic hydroxyl groups is 2. The van der Waals surface area contributed by atoms with E-state index in [1.165, 1.54) is 5.23 Å². The molecule has 1 aromatic rings. The highest BCUT2D eigenvalue weighted by molar-refractivity contribution is 5.89. The van der Waals surface area contributed by atoms with Gasteiger partial charge in [-0.25, -0.2) is 4.79 Å². The molecule has 8 heteroatoms. The Morgan fingerprint density at radius 2 is 1.56 bits per heavy atom. The smallest absolute Gasteiger partial charge is 0.338 e. The lowest BCUT2D eigenvalue weighted by atomic mass is 10.2. The van der Waals surface area contributed by atoms with Crippen LogP contribution in [0.4, 0.5) is 0 Å². The minimum atomic E-state index is -0.330. The molecule has 0 aliphatic carbocycles. The van der Waals surface area contributed by atoms with Crippen LogP contribution in [0.15, 0.2) is 24.3 Å². The van der Waals surface area contributed by atoms with Crippen molar-refractivity contribution in [3.8, 4) is 5.75 Å². The van der Waals surface area contributed by atoms with Gasteiger partial charge in [0.05, 0.1) is 51.7 Å². The Balaban J connectivity index is 2.13. The quantitative estimate of drug-likeness (QED) is 0.253. The Morgan fingerprint density at radius 3 is 2.15 bits per heavy atom. The van der Waals surface area contributed by atoms with Gasteiger partial charge in [-0.05, 0) is 44.0 Å². The number of esters is 1. The number of carbonyl (C=O) groups excluding carboxylic acids is 1. The molecular formula is C19H31NO7. The molecule has 0 aliphatic rings. The summed E-state index contributed by atoms with van der Waals surface area (Å²) in [5.41, 5.74) is 0.514. The van der Waals surface area contributed by atoms with Crippen molar-refractivity contribution in [3.05, 3.63) is 29.8 Å². The third-order valence-electron chi connectivity index (χ3n) is 3.52. The van der Waals surface area contributed by atoms with Gasteiger partial charge >= 0.3 is 5.97 Å². The summed E-state index contributed by atoms with van der Waals surface area (Å²) in [6.07, 6.45) is 3.75. The second-order valence-electron chi connectivity index (χ2n) is 5.68. The number of rotatable bonds is 16. The number of ether oxygens (including phenoxy) is 2. The van der Waals surface area contributed by atoms with E-state index in [4.69, 9.17) is 29.4 Å². The molecule has 0 atom stereocenters. The van der Waals surface area contributed by atoms with Crippen LogP contribution in [0.5, 0.6) is 5.75 Å². The van der Waals surface area contributed by atoms with E-state index in [9.17, 15) is 4.79 Å². The lowest BCUT2D eigenvalue weighted by molar-refractivity contribution is -0.371. The minimum absolute atomic E-state index is 0.0862. The molecule has 1 aromatic carbocycles. The van der Waals surface area contributed by atoms with Gasteiger partial charge in [-0.15, -0.1) is 0 Å². The van der Waals surface area contributed by atoms with Gasteiger partial charge in [-0.1, -0.05) is 18.1 Å². The number of nitrogens with zero attached hydrogens (tertiary/aromatic N) is 1. The molecule has 8 nitrogen and oxygen atoms in total. The normalized spacial score (nSPS) is 11.0. The van der Waals surface area contributed by atoms with E-state index >= 15 is 0 Å². The molecule has 0 aromatic heterocycles. The van der Waals surface area contributed by atoms with Crippen LogP contribution in [-0.4, -0.2) is 67.6 Å². The largest absolute Gasteiger partial charge is 0.494 e. The van der Waals surface area contributed by atoms with E-state index in [2.05, 4.69) is 0 Å². The van der Waals surface area contributed by atoms with E-state index in [1.807, 2.05) is 0 Å². The first-order chi connectivity index (χ1) is 13.2. The molecule has 0 unspecified atom stereocenters. The Bertz CT molecular complexity index is 487. The van der Waals surface area contributed by atoms with Crippen LogP contribution >= 0.6 is 0 Å². The molecule has 27 heavy (non-hydrogen) atoms. The van der Waals surface area contributed by atoms with Gasteiger partial charge in [0.15, 0.2) is 0 Å². The molecule has 154 valence electrons. The molecule has 0 amide bonds. The zero-order valence-electron chi connectivity index (χ0n) is 16.0. The molecule has 0 radical (unpaired) electrons. The number of hydrogen-bond acceptors (Lipinski definition) is 8. The van der Waals surface area contributed by atoms with Crippen LogP contribution in [0.2, 0.25) is 0 Å². The fourth-order valence-electron chi connectivity index (χ4n) is 2.24. The lowest BCUT2D eigenvalue weighted by Crippen LogP contribution is -2.28. The predicted octanol–water partition coefficient (Wildman–Crippen LogP) is 1.95. The second kappa shape index (κ2) is 15.4. The molecule has 0 bridgehead atoms. The highest BCUT2D eigenvalue weighted by atomic mass is 16.9. The minimum Gasteiger partial charge on any atom is -0.494 e. The summed E-state index contributed by atoms with van der Waals surface area (Å²) in [7, 11) is 0. The predicted molar refractivity (Wildman–Crippen MR) is 99.1 cm³/mol. The highest BCUT2D eigenvalue weighted by Gasteiger charge is 2.07. The van der Waals surface area contributed by atoms with Crippen LogP contribution < -0.4 is 4.74 Å². The van der Waals surface area contributed by atoms with Gasteiger partial charge in [-0.2, -0.15) is 0 Å². The Kier molecular flexibility index (Phi) is 13.3. The Morgan fingerprint density at radius 1 is 0.926 bits per heavy atom. The van der Waals surface area contributed by atoms with Crippen molar-refractivity contribution >= 4 is 5.97 Å². The first kappa shape index (κ1) is 23.3. The number of unbranched alkanes of at least 4 members (excludes halogenated alkanes) is 3. The number of carbonyl (C=O) groups is 1. The van der Waals surface area contributed by atoms with Crippen molar-refractivity contribution in [2.45, 2.75) is 32.6 Å². The van der Waals surface area contributed by atoms with E-state index in [0.29, 0.717) is 25.3 Å². The van der Waals surface area contributed by atoms with Gasteiger partial charge in [-0.3, -0.25) is 9.68 Å². The van der Waals surface area contributed by atoms with E-state index < -0.39 is 0 Å². The van der Waals surface area contributed by atoms with Crippen LogP contribution in [-0.2, 0) is 14.4 Å². The average Bonchev–Trinajstić information content (AvgIpc) is 2.69. The summed E-state index contributed by atoms with van der Waals surface area (Å²) in [6.45, 7) is 3.45. The van der Waals surface area contributed by atoms with Crippen molar-refractivity contribution < 1.29 is 34.2 Å². The number of benzene rings is 1. The fraction of sp³-hybridized carbons (Fsp3) is 0.632. The maximum atomic E-state index is 11.6. The molecule has 1 rings (SSSR count). The maximum absolute atomic E-state index is 11.6. The number of hydroxylamine groups is 2. The van der Waals surface area contributed by atoms with Crippen molar-refractivity contribution in [1.29, 1.82) is 0 Å². The second-order valence-corrected chi connectivity index (χ2v) is 5.68.